The molecule has 0 unspecified atom stereocenters. The molecule has 1 aliphatic rings. The van der Waals surface area contributed by atoms with Crippen LogP contribution in [0.2, 0.25) is 0 Å². The lowest BCUT2D eigenvalue weighted by Gasteiger charge is -2.32. The first-order valence-corrected chi connectivity index (χ1v) is 18.2. The molecule has 6 aromatic heterocycles. The van der Waals surface area contributed by atoms with Crippen molar-refractivity contribution >= 4 is 89.7 Å². The van der Waals surface area contributed by atoms with E-state index in [9.17, 15) is 9.59 Å². The van der Waals surface area contributed by atoms with Crippen LogP contribution in [-0.2, 0) is 18.8 Å². The van der Waals surface area contributed by atoms with Crippen molar-refractivity contribution in [3.63, 3.8) is 0 Å². The first-order chi connectivity index (χ1) is 24.2. The van der Waals surface area contributed by atoms with Gasteiger partial charge in [-0.1, -0.05) is 0 Å². The highest BCUT2D eigenvalue weighted by Gasteiger charge is 2.52. The number of ether oxygens (including phenoxy) is 2. The molecule has 0 spiro atoms. The van der Waals surface area contributed by atoms with E-state index in [4.69, 9.17) is 18.8 Å². The highest BCUT2D eigenvalue weighted by molar-refractivity contribution is 9.11. The Morgan fingerprint density at radius 1 is 0.692 bits per heavy atom. The predicted molar refractivity (Wildman–Crippen MR) is 210 cm³/mol. The quantitative estimate of drug-likeness (QED) is 0.161. The number of rotatable bonds is 1. The molecule has 7 rings (SSSR count). The number of carbonyl (C=O) groups excluding carboxylic acids is 2. The van der Waals surface area contributed by atoms with Crippen LogP contribution in [0.15, 0.2) is 82.5 Å². The number of aromatic amines is 1. The van der Waals surface area contributed by atoms with Gasteiger partial charge in [-0.3, -0.25) is 0 Å². The van der Waals surface area contributed by atoms with Crippen molar-refractivity contribution in [2.75, 3.05) is 0 Å². The zero-order valence-electron chi connectivity index (χ0n) is 30.9. The number of hydrogen-bond donors (Lipinski definition) is 1. The van der Waals surface area contributed by atoms with Crippen LogP contribution >= 0.6 is 31.9 Å². The number of aromatic nitrogens is 6. The summed E-state index contributed by atoms with van der Waals surface area (Å²) in [6, 6.07) is 11.3. The Kier molecular flexibility index (Phi) is 11.1. The molecule has 7 heterocycles. The third-order valence-electron chi connectivity index (χ3n) is 8.25. The van der Waals surface area contributed by atoms with E-state index in [2.05, 4.69) is 51.8 Å². The van der Waals surface area contributed by atoms with Gasteiger partial charge in [0.25, 0.3) is 0 Å². The molecule has 0 aliphatic carbocycles. The molecule has 0 aromatic carbocycles. The summed E-state index contributed by atoms with van der Waals surface area (Å²) in [4.78, 5) is 40.0. The molecule has 0 atom stereocenters. The normalized spacial score (nSPS) is 15.2. The Hall–Kier alpha value is -4.05. The van der Waals surface area contributed by atoms with Gasteiger partial charge in [-0.25, -0.2) is 33.7 Å². The maximum Gasteiger partial charge on any atom is 0.495 e. The number of fused-ring (bicyclic) bond motifs is 3. The van der Waals surface area contributed by atoms with E-state index >= 15 is 0 Å². The van der Waals surface area contributed by atoms with Gasteiger partial charge in [0.05, 0.1) is 11.2 Å². The summed E-state index contributed by atoms with van der Waals surface area (Å²) >= 11 is 6.83. The van der Waals surface area contributed by atoms with Gasteiger partial charge in [-0.2, -0.15) is 0 Å². The molecule has 0 radical (unpaired) electrons. The van der Waals surface area contributed by atoms with E-state index in [1.54, 1.807) is 31.0 Å². The number of halogens is 2. The van der Waals surface area contributed by atoms with Crippen molar-refractivity contribution < 1.29 is 28.4 Å². The Morgan fingerprint density at radius 3 is 1.67 bits per heavy atom. The third-order valence-corrected chi connectivity index (χ3v) is 9.63. The molecule has 0 bridgehead atoms. The minimum Gasteiger partial charge on any atom is -0.443 e. The number of carbonyl (C=O) groups is 2. The van der Waals surface area contributed by atoms with Crippen molar-refractivity contribution in [3.05, 3.63) is 82.5 Å². The maximum absolute atomic E-state index is 12.4. The molecule has 6 aromatic rings. The molecule has 1 fully saturated rings. The lowest BCUT2D eigenvalue weighted by molar-refractivity contribution is 0.00578. The zero-order valence-corrected chi connectivity index (χ0v) is 34.1. The van der Waals surface area contributed by atoms with Gasteiger partial charge in [0.1, 0.15) is 22.5 Å². The summed E-state index contributed by atoms with van der Waals surface area (Å²) in [5.41, 5.74) is 0.953. The van der Waals surface area contributed by atoms with Crippen LogP contribution in [0.25, 0.3) is 33.1 Å². The SMILES string of the molecule is Brc1ccnc2[nH]ccc12.CC(C)(C)OC(=O)n1ccc2c(B3OC(C)(C)C(C)(C)O3)ccnc21.CC(C)(C)OC(=O)n1ccc2c(Br)ccnc21. The van der Waals surface area contributed by atoms with Crippen molar-refractivity contribution in [3.8, 4) is 0 Å². The fraction of sp³-hybridized carbons (Fsp3) is 0.378. The summed E-state index contributed by atoms with van der Waals surface area (Å²) < 4.78 is 27.8. The number of nitrogens with zero attached hydrogens (tertiary/aromatic N) is 5. The lowest BCUT2D eigenvalue weighted by Crippen LogP contribution is -2.41. The Labute approximate surface area is 320 Å². The second-order valence-electron chi connectivity index (χ2n) is 15.1. The zero-order chi connectivity index (χ0) is 38.2. The van der Waals surface area contributed by atoms with Gasteiger partial charge in [0.15, 0.2) is 5.65 Å². The van der Waals surface area contributed by atoms with Crippen LogP contribution in [0.5, 0.6) is 0 Å². The summed E-state index contributed by atoms with van der Waals surface area (Å²) in [6.07, 6.45) is 9.40. The summed E-state index contributed by atoms with van der Waals surface area (Å²) in [6.45, 7) is 19.0. The van der Waals surface area contributed by atoms with Gasteiger partial charge < -0.3 is 23.8 Å². The first kappa shape index (κ1) is 39.2. The van der Waals surface area contributed by atoms with E-state index in [0.29, 0.717) is 11.3 Å². The van der Waals surface area contributed by atoms with Gasteiger partial charge in [-0.15, -0.1) is 0 Å². The average Bonchev–Trinajstić information content (AvgIpc) is 3.81. The minimum atomic E-state index is -0.572. The van der Waals surface area contributed by atoms with Crippen molar-refractivity contribution in [2.24, 2.45) is 0 Å². The smallest absolute Gasteiger partial charge is 0.443 e. The second kappa shape index (κ2) is 14.8. The van der Waals surface area contributed by atoms with Gasteiger partial charge in [0, 0.05) is 62.3 Å². The molecule has 12 nitrogen and oxygen atoms in total. The summed E-state index contributed by atoms with van der Waals surface area (Å²) in [7, 11) is -0.509. The Morgan fingerprint density at radius 2 is 1.15 bits per heavy atom. The van der Waals surface area contributed by atoms with Crippen molar-refractivity contribution in [2.45, 2.75) is 91.6 Å². The summed E-state index contributed by atoms with van der Waals surface area (Å²) in [5, 5.41) is 2.83. The molecule has 15 heteroatoms. The molecule has 52 heavy (non-hydrogen) atoms. The standard InChI is InChI=1S/C18H25BN2O4.C12H13BrN2O2.C7H5BrN2/c1-16(2,3)23-15(22)21-11-9-12-13(8-10-20-14(12)21)19-24-17(4,5)18(6,7)25-19;1-12(2,3)17-11(16)15-7-5-8-9(13)4-6-14-10(8)15;8-6-2-4-10-7-5(6)1-3-9-7/h8-11H,1-7H3;4-7H,1-3H3;1-4H,(H,9,10). The van der Waals surface area contributed by atoms with E-state index in [0.717, 1.165) is 36.2 Å². The van der Waals surface area contributed by atoms with Crippen LogP contribution in [0, 0.1) is 0 Å². The highest BCUT2D eigenvalue weighted by Crippen LogP contribution is 2.37. The van der Waals surface area contributed by atoms with Crippen molar-refractivity contribution in [1.82, 2.24) is 29.1 Å². The number of nitrogens with one attached hydrogen (secondary N) is 1. The largest absolute Gasteiger partial charge is 0.495 e. The monoisotopic (exact) mass is 836 g/mol. The second-order valence-corrected chi connectivity index (χ2v) is 16.8. The van der Waals surface area contributed by atoms with Crippen LogP contribution in [0.1, 0.15) is 69.2 Å². The lowest BCUT2D eigenvalue weighted by atomic mass is 9.78. The fourth-order valence-electron chi connectivity index (χ4n) is 5.08. The van der Waals surface area contributed by atoms with Gasteiger partial charge in [-0.05, 0) is 143 Å². The molecular formula is C37H43BBr2N6O6. The molecule has 1 N–H and O–H groups in total. The molecule has 274 valence electrons. The van der Waals surface area contributed by atoms with Crippen LogP contribution in [0.4, 0.5) is 9.59 Å². The summed E-state index contributed by atoms with van der Waals surface area (Å²) in [5.74, 6) is 0. The third kappa shape index (κ3) is 8.76. The van der Waals surface area contributed by atoms with E-state index in [-0.39, 0.29) is 0 Å². The number of H-pyrrole nitrogens is 1. The molecule has 0 amide bonds. The molecular weight excluding hydrogens is 795 g/mol. The predicted octanol–water partition coefficient (Wildman–Crippen LogP) is 9.03. The molecule has 1 aliphatic heterocycles. The van der Waals surface area contributed by atoms with E-state index in [1.807, 2.05) is 112 Å². The maximum atomic E-state index is 12.4. The minimum absolute atomic E-state index is 0.418. The number of hydrogen-bond acceptors (Lipinski definition) is 9. The topological polar surface area (TPSA) is 135 Å². The van der Waals surface area contributed by atoms with Gasteiger partial charge >= 0.3 is 19.3 Å². The van der Waals surface area contributed by atoms with Crippen LogP contribution in [-0.4, -0.2) is 70.8 Å². The van der Waals surface area contributed by atoms with E-state index < -0.39 is 41.7 Å². The Balaban J connectivity index is 0.000000166. The van der Waals surface area contributed by atoms with Crippen LogP contribution in [0.3, 0.4) is 0 Å². The van der Waals surface area contributed by atoms with Crippen LogP contribution < -0.4 is 5.46 Å². The Bertz CT molecular complexity index is 2210. The highest BCUT2D eigenvalue weighted by atomic mass is 79.9. The molecule has 1 saturated heterocycles. The first-order valence-electron chi connectivity index (χ1n) is 16.6. The molecule has 0 saturated carbocycles. The van der Waals surface area contributed by atoms with Crippen molar-refractivity contribution in [1.29, 1.82) is 0 Å². The average molecular weight is 838 g/mol. The van der Waals surface area contributed by atoms with Gasteiger partial charge in [0.2, 0.25) is 0 Å². The number of pyridine rings is 3. The fourth-order valence-corrected chi connectivity index (χ4v) is 5.95. The van der Waals surface area contributed by atoms with E-state index in [1.165, 1.54) is 9.13 Å².